The van der Waals surface area contributed by atoms with E-state index in [1.165, 1.54) is 11.1 Å². The number of nitrogens with one attached hydrogen (secondary N) is 1. The Balaban J connectivity index is 2.02. The number of benzene rings is 1. The number of aromatic nitrogens is 1. The zero-order valence-corrected chi connectivity index (χ0v) is 12.2. The molecule has 0 aliphatic carbocycles. The zero-order valence-electron chi connectivity index (χ0n) is 12.2. The maximum absolute atomic E-state index is 5.57. The van der Waals surface area contributed by atoms with E-state index < -0.39 is 0 Å². The smallest absolute Gasteiger partial charge is 0.119 e. The number of hydrogen-bond donors (Lipinski definition) is 1. The van der Waals surface area contributed by atoms with E-state index >= 15 is 0 Å². The van der Waals surface area contributed by atoms with E-state index in [1.807, 2.05) is 38.5 Å². The summed E-state index contributed by atoms with van der Waals surface area (Å²) in [5.41, 5.74) is 2.54. The topological polar surface area (TPSA) is 34.1 Å². The molecule has 1 atom stereocenters. The molecule has 0 fully saturated rings. The van der Waals surface area contributed by atoms with E-state index in [-0.39, 0.29) is 0 Å². The minimum absolute atomic E-state index is 0.329. The second-order valence-corrected chi connectivity index (χ2v) is 4.75. The van der Waals surface area contributed by atoms with Crippen molar-refractivity contribution in [3.8, 4) is 5.75 Å². The molecule has 0 aliphatic heterocycles. The van der Waals surface area contributed by atoms with Gasteiger partial charge in [0.05, 0.1) is 6.61 Å². The van der Waals surface area contributed by atoms with Gasteiger partial charge in [-0.3, -0.25) is 4.98 Å². The average Bonchev–Trinajstić information content (AvgIpc) is 2.50. The van der Waals surface area contributed by atoms with Crippen molar-refractivity contribution in [2.24, 2.45) is 0 Å². The fourth-order valence-corrected chi connectivity index (χ4v) is 2.32. The molecular weight excluding hydrogens is 248 g/mol. The zero-order chi connectivity index (χ0) is 14.2. The molecule has 0 spiro atoms. The van der Waals surface area contributed by atoms with Crippen molar-refractivity contribution in [1.82, 2.24) is 10.3 Å². The van der Waals surface area contributed by atoms with E-state index in [0.29, 0.717) is 12.6 Å². The van der Waals surface area contributed by atoms with Crippen LogP contribution in [0.25, 0.3) is 0 Å². The van der Waals surface area contributed by atoms with Gasteiger partial charge >= 0.3 is 0 Å². The van der Waals surface area contributed by atoms with Gasteiger partial charge in [-0.15, -0.1) is 0 Å². The van der Waals surface area contributed by atoms with Crippen LogP contribution in [0.3, 0.4) is 0 Å². The molecule has 1 heterocycles. The van der Waals surface area contributed by atoms with Crippen LogP contribution in [0.4, 0.5) is 0 Å². The molecular formula is C17H22N2O. The fraction of sp³-hybridized carbons (Fsp3) is 0.353. The molecule has 0 bridgehead atoms. The van der Waals surface area contributed by atoms with Crippen molar-refractivity contribution < 1.29 is 4.74 Å². The van der Waals surface area contributed by atoms with Crippen LogP contribution in [0.2, 0.25) is 0 Å². The number of aryl methyl sites for hydroxylation is 1. The van der Waals surface area contributed by atoms with E-state index in [1.54, 1.807) is 0 Å². The van der Waals surface area contributed by atoms with Crippen LogP contribution in [0, 0.1) is 0 Å². The van der Waals surface area contributed by atoms with Gasteiger partial charge in [-0.2, -0.15) is 0 Å². The SMILES string of the molecule is CCOc1cccc(C(CCc2cccnc2)NC)c1. The van der Waals surface area contributed by atoms with Crippen LogP contribution in [-0.4, -0.2) is 18.6 Å². The second-order valence-electron chi connectivity index (χ2n) is 4.75. The van der Waals surface area contributed by atoms with Crippen molar-refractivity contribution in [2.45, 2.75) is 25.8 Å². The first kappa shape index (κ1) is 14.5. The molecule has 1 N–H and O–H groups in total. The van der Waals surface area contributed by atoms with Crippen LogP contribution in [0.5, 0.6) is 5.75 Å². The standard InChI is InChI=1S/C17H22N2O/c1-3-20-16-8-4-7-15(12-16)17(18-2)10-9-14-6-5-11-19-13-14/h4-8,11-13,17-18H,3,9-10H2,1-2H3. The summed E-state index contributed by atoms with van der Waals surface area (Å²) in [6.45, 7) is 2.70. The van der Waals surface area contributed by atoms with Crippen molar-refractivity contribution in [1.29, 1.82) is 0 Å². The van der Waals surface area contributed by atoms with Gasteiger partial charge in [0.2, 0.25) is 0 Å². The van der Waals surface area contributed by atoms with Crippen molar-refractivity contribution in [3.05, 3.63) is 59.9 Å². The first-order valence-corrected chi connectivity index (χ1v) is 7.12. The number of nitrogens with zero attached hydrogens (tertiary/aromatic N) is 1. The van der Waals surface area contributed by atoms with Gasteiger partial charge in [-0.25, -0.2) is 0 Å². The molecule has 1 aromatic heterocycles. The summed E-state index contributed by atoms with van der Waals surface area (Å²) in [7, 11) is 2.00. The van der Waals surface area contributed by atoms with Crippen LogP contribution in [0.15, 0.2) is 48.8 Å². The lowest BCUT2D eigenvalue weighted by Gasteiger charge is -2.17. The first-order valence-electron chi connectivity index (χ1n) is 7.12. The van der Waals surface area contributed by atoms with Gasteiger partial charge in [0.1, 0.15) is 5.75 Å². The van der Waals surface area contributed by atoms with Gasteiger partial charge in [0, 0.05) is 18.4 Å². The lowest BCUT2D eigenvalue weighted by atomic mass is 9.99. The minimum atomic E-state index is 0.329. The lowest BCUT2D eigenvalue weighted by Crippen LogP contribution is -2.17. The first-order chi connectivity index (χ1) is 9.83. The van der Waals surface area contributed by atoms with Gasteiger partial charge in [0.15, 0.2) is 0 Å². The number of rotatable bonds is 7. The molecule has 0 radical (unpaired) electrons. The maximum Gasteiger partial charge on any atom is 0.119 e. The predicted molar refractivity (Wildman–Crippen MR) is 82.0 cm³/mol. The van der Waals surface area contributed by atoms with E-state index in [2.05, 4.69) is 34.6 Å². The Bertz CT molecular complexity index is 513. The molecule has 0 saturated heterocycles. The monoisotopic (exact) mass is 270 g/mol. The Morgan fingerprint density at radius 3 is 2.85 bits per heavy atom. The lowest BCUT2D eigenvalue weighted by molar-refractivity contribution is 0.339. The highest BCUT2D eigenvalue weighted by Gasteiger charge is 2.10. The van der Waals surface area contributed by atoms with E-state index in [4.69, 9.17) is 4.74 Å². The summed E-state index contributed by atoms with van der Waals surface area (Å²) in [4.78, 5) is 4.16. The highest BCUT2D eigenvalue weighted by molar-refractivity contribution is 5.30. The Morgan fingerprint density at radius 1 is 1.25 bits per heavy atom. The molecule has 0 aliphatic rings. The quantitative estimate of drug-likeness (QED) is 0.837. The van der Waals surface area contributed by atoms with Gasteiger partial charge in [0.25, 0.3) is 0 Å². The maximum atomic E-state index is 5.57. The molecule has 0 saturated carbocycles. The summed E-state index contributed by atoms with van der Waals surface area (Å²) in [5, 5.41) is 3.38. The van der Waals surface area contributed by atoms with E-state index in [9.17, 15) is 0 Å². The summed E-state index contributed by atoms with van der Waals surface area (Å²) in [6.07, 6.45) is 5.80. The Morgan fingerprint density at radius 2 is 2.15 bits per heavy atom. The summed E-state index contributed by atoms with van der Waals surface area (Å²) < 4.78 is 5.57. The second kappa shape index (κ2) is 7.65. The number of hydrogen-bond acceptors (Lipinski definition) is 3. The molecule has 1 unspecified atom stereocenters. The summed E-state index contributed by atoms with van der Waals surface area (Å²) >= 11 is 0. The van der Waals surface area contributed by atoms with Gasteiger partial charge in [-0.1, -0.05) is 18.2 Å². The van der Waals surface area contributed by atoms with Crippen molar-refractivity contribution >= 4 is 0 Å². The summed E-state index contributed by atoms with van der Waals surface area (Å²) in [6, 6.07) is 12.8. The largest absolute Gasteiger partial charge is 0.494 e. The Hall–Kier alpha value is -1.87. The molecule has 0 amide bonds. The van der Waals surface area contributed by atoms with Gasteiger partial charge in [-0.05, 0) is 56.1 Å². The van der Waals surface area contributed by atoms with Crippen LogP contribution in [0.1, 0.15) is 30.5 Å². The normalized spacial score (nSPS) is 12.1. The molecule has 2 aromatic rings. The van der Waals surface area contributed by atoms with Crippen LogP contribution >= 0.6 is 0 Å². The number of pyridine rings is 1. The summed E-state index contributed by atoms with van der Waals surface area (Å²) in [5.74, 6) is 0.937. The molecule has 1 aromatic carbocycles. The molecule has 2 rings (SSSR count). The van der Waals surface area contributed by atoms with Crippen LogP contribution < -0.4 is 10.1 Å². The highest BCUT2D eigenvalue weighted by Crippen LogP contribution is 2.23. The van der Waals surface area contributed by atoms with Gasteiger partial charge < -0.3 is 10.1 Å². The molecule has 3 heteroatoms. The molecule has 3 nitrogen and oxygen atoms in total. The fourth-order valence-electron chi connectivity index (χ4n) is 2.32. The predicted octanol–water partition coefficient (Wildman–Crippen LogP) is 3.37. The Kier molecular flexibility index (Phi) is 5.56. The third-order valence-corrected chi connectivity index (χ3v) is 3.36. The third kappa shape index (κ3) is 4.07. The van der Waals surface area contributed by atoms with Crippen LogP contribution in [-0.2, 0) is 6.42 Å². The minimum Gasteiger partial charge on any atom is -0.494 e. The Labute approximate surface area is 121 Å². The number of ether oxygens (including phenoxy) is 1. The third-order valence-electron chi connectivity index (χ3n) is 3.36. The van der Waals surface area contributed by atoms with E-state index in [0.717, 1.165) is 18.6 Å². The average molecular weight is 270 g/mol. The van der Waals surface area contributed by atoms with Crippen molar-refractivity contribution in [3.63, 3.8) is 0 Å². The molecule has 106 valence electrons. The van der Waals surface area contributed by atoms with Crippen molar-refractivity contribution in [2.75, 3.05) is 13.7 Å². The molecule has 20 heavy (non-hydrogen) atoms. The highest BCUT2D eigenvalue weighted by atomic mass is 16.5.